The van der Waals surface area contributed by atoms with E-state index in [1.807, 2.05) is 20.8 Å². The molecule has 1 aromatic carbocycles. The Balaban J connectivity index is 1.89. The van der Waals surface area contributed by atoms with Crippen LogP contribution in [0.5, 0.6) is 0 Å². The Hall–Kier alpha value is -1.70. The van der Waals surface area contributed by atoms with Gasteiger partial charge in [0.05, 0.1) is 11.3 Å². The van der Waals surface area contributed by atoms with Crippen molar-refractivity contribution in [1.29, 1.82) is 0 Å². The fourth-order valence-corrected chi connectivity index (χ4v) is 3.25. The van der Waals surface area contributed by atoms with Crippen molar-refractivity contribution < 1.29 is 22.8 Å². The Morgan fingerprint density at radius 2 is 1.46 bits per heavy atom. The van der Waals surface area contributed by atoms with Crippen molar-refractivity contribution in [3.8, 4) is 0 Å². The number of halogens is 3. The minimum Gasteiger partial charge on any atom is -0.338 e. The maximum absolute atomic E-state index is 12.6. The van der Waals surface area contributed by atoms with Gasteiger partial charge in [0.2, 0.25) is 5.91 Å². The van der Waals surface area contributed by atoms with Crippen molar-refractivity contribution in [2.45, 2.75) is 31.7 Å². The highest BCUT2D eigenvalue weighted by Crippen LogP contribution is 2.29. The molecule has 2 amide bonds. The zero-order valence-electron chi connectivity index (χ0n) is 15.1. The molecule has 4 nitrogen and oxygen atoms in total. The topological polar surface area (TPSA) is 40.6 Å². The molecule has 0 N–H and O–H groups in total. The molecular formula is C18H23F3N2O2S. The number of amides is 2. The number of hydrogen-bond donors (Lipinski definition) is 0. The summed E-state index contributed by atoms with van der Waals surface area (Å²) in [5.74, 6) is 0.137. The maximum Gasteiger partial charge on any atom is 0.416 e. The number of carbonyl (C=O) groups is 2. The van der Waals surface area contributed by atoms with E-state index in [1.54, 1.807) is 21.6 Å². The van der Waals surface area contributed by atoms with Crippen LogP contribution in [0, 0.1) is 0 Å². The standard InChI is InChI=1S/C18H23F3N2O2S/c1-17(2,3)26-12-15(24)22-8-10-23(11-9-22)16(25)13-4-6-14(7-5-13)18(19,20)21/h4-7H,8-12H2,1-3H3. The van der Waals surface area contributed by atoms with Crippen molar-refractivity contribution in [3.63, 3.8) is 0 Å². The lowest BCUT2D eigenvalue weighted by molar-refractivity contribution is -0.137. The normalized spacial score (nSPS) is 15.9. The molecule has 144 valence electrons. The van der Waals surface area contributed by atoms with Gasteiger partial charge >= 0.3 is 6.18 Å². The number of thioether (sulfide) groups is 1. The predicted molar refractivity (Wildman–Crippen MR) is 96.1 cm³/mol. The molecule has 1 heterocycles. The van der Waals surface area contributed by atoms with Crippen LogP contribution in [0.1, 0.15) is 36.7 Å². The quantitative estimate of drug-likeness (QED) is 0.796. The lowest BCUT2D eigenvalue weighted by atomic mass is 10.1. The van der Waals surface area contributed by atoms with Gasteiger partial charge in [-0.15, -0.1) is 11.8 Å². The Bertz CT molecular complexity index is 646. The molecule has 1 aliphatic rings. The summed E-state index contributed by atoms with van der Waals surface area (Å²) in [5.41, 5.74) is -0.554. The van der Waals surface area contributed by atoms with Crippen LogP contribution in [0.3, 0.4) is 0 Å². The van der Waals surface area contributed by atoms with Crippen LogP contribution < -0.4 is 0 Å². The van der Waals surface area contributed by atoms with Gasteiger partial charge in [-0.2, -0.15) is 13.2 Å². The van der Waals surface area contributed by atoms with E-state index < -0.39 is 11.7 Å². The van der Waals surface area contributed by atoms with Gasteiger partial charge in [-0.1, -0.05) is 20.8 Å². The monoisotopic (exact) mass is 388 g/mol. The van der Waals surface area contributed by atoms with Gasteiger partial charge in [0.25, 0.3) is 5.91 Å². The predicted octanol–water partition coefficient (Wildman–Crippen LogP) is 3.52. The molecule has 26 heavy (non-hydrogen) atoms. The second-order valence-electron chi connectivity index (χ2n) is 7.15. The van der Waals surface area contributed by atoms with Gasteiger partial charge in [-0.05, 0) is 24.3 Å². The third-order valence-corrected chi connectivity index (χ3v) is 5.26. The van der Waals surface area contributed by atoms with Crippen LogP contribution >= 0.6 is 11.8 Å². The number of benzene rings is 1. The minimum absolute atomic E-state index is 0.00995. The molecule has 0 unspecified atom stereocenters. The fraction of sp³-hybridized carbons (Fsp3) is 0.556. The first kappa shape index (κ1) is 20.6. The van der Waals surface area contributed by atoms with Gasteiger partial charge in [0.15, 0.2) is 0 Å². The van der Waals surface area contributed by atoms with E-state index in [0.717, 1.165) is 12.1 Å². The average molecular weight is 388 g/mol. The first-order valence-electron chi connectivity index (χ1n) is 8.36. The van der Waals surface area contributed by atoms with Crippen molar-refractivity contribution in [2.24, 2.45) is 0 Å². The second-order valence-corrected chi connectivity index (χ2v) is 8.95. The summed E-state index contributed by atoms with van der Waals surface area (Å²) in [6.07, 6.45) is -4.42. The Morgan fingerprint density at radius 1 is 0.962 bits per heavy atom. The largest absolute Gasteiger partial charge is 0.416 e. The summed E-state index contributed by atoms with van der Waals surface area (Å²) < 4.78 is 37.8. The van der Waals surface area contributed by atoms with Crippen LogP contribution in [0.25, 0.3) is 0 Å². The third kappa shape index (κ3) is 5.65. The van der Waals surface area contributed by atoms with E-state index in [0.29, 0.717) is 31.9 Å². The molecule has 0 bridgehead atoms. The van der Waals surface area contributed by atoms with E-state index in [9.17, 15) is 22.8 Å². The Labute approximate surface area is 155 Å². The van der Waals surface area contributed by atoms with E-state index in [4.69, 9.17) is 0 Å². The number of piperazine rings is 1. The van der Waals surface area contributed by atoms with Crippen molar-refractivity contribution in [3.05, 3.63) is 35.4 Å². The maximum atomic E-state index is 12.6. The van der Waals surface area contributed by atoms with Crippen LogP contribution in [-0.4, -0.2) is 58.3 Å². The van der Waals surface area contributed by atoms with Gasteiger partial charge in [0.1, 0.15) is 0 Å². The SMILES string of the molecule is CC(C)(C)SCC(=O)N1CCN(C(=O)c2ccc(C(F)(F)F)cc2)CC1. The molecular weight excluding hydrogens is 365 g/mol. The van der Waals surface area contributed by atoms with Crippen molar-refractivity contribution >= 4 is 23.6 Å². The molecule has 0 spiro atoms. The third-order valence-electron chi connectivity index (χ3n) is 4.01. The van der Waals surface area contributed by atoms with Crippen LogP contribution in [0.15, 0.2) is 24.3 Å². The molecule has 1 aromatic rings. The second kappa shape index (κ2) is 7.90. The van der Waals surface area contributed by atoms with E-state index in [2.05, 4.69) is 0 Å². The van der Waals surface area contributed by atoms with Gasteiger partial charge < -0.3 is 9.80 Å². The lowest BCUT2D eigenvalue weighted by Crippen LogP contribution is -2.51. The molecule has 0 radical (unpaired) electrons. The average Bonchev–Trinajstić information content (AvgIpc) is 2.58. The summed E-state index contributed by atoms with van der Waals surface area (Å²) in [5, 5.41) is 0. The van der Waals surface area contributed by atoms with Crippen molar-refractivity contribution in [1.82, 2.24) is 9.80 Å². The molecule has 2 rings (SSSR count). The van der Waals surface area contributed by atoms with E-state index in [1.165, 1.54) is 12.1 Å². The molecule has 1 saturated heterocycles. The zero-order chi connectivity index (χ0) is 19.5. The van der Waals surface area contributed by atoms with Gasteiger partial charge in [-0.3, -0.25) is 9.59 Å². The summed E-state index contributed by atoms with van der Waals surface area (Å²) >= 11 is 1.58. The van der Waals surface area contributed by atoms with E-state index in [-0.39, 0.29) is 22.1 Å². The highest BCUT2D eigenvalue weighted by molar-refractivity contribution is 8.01. The Morgan fingerprint density at radius 3 is 1.92 bits per heavy atom. The van der Waals surface area contributed by atoms with Crippen LogP contribution in [0.2, 0.25) is 0 Å². The highest BCUT2D eigenvalue weighted by Gasteiger charge is 2.31. The minimum atomic E-state index is -4.42. The highest BCUT2D eigenvalue weighted by atomic mass is 32.2. The number of carbonyl (C=O) groups excluding carboxylic acids is 2. The number of alkyl halides is 3. The zero-order valence-corrected chi connectivity index (χ0v) is 15.9. The molecule has 0 aliphatic carbocycles. The summed E-state index contributed by atoms with van der Waals surface area (Å²) in [6, 6.07) is 4.22. The molecule has 1 fully saturated rings. The summed E-state index contributed by atoms with van der Waals surface area (Å²) in [6.45, 7) is 7.78. The van der Waals surface area contributed by atoms with E-state index >= 15 is 0 Å². The van der Waals surface area contributed by atoms with Crippen LogP contribution in [0.4, 0.5) is 13.2 Å². The first-order chi connectivity index (χ1) is 12.0. The number of nitrogens with zero attached hydrogens (tertiary/aromatic N) is 2. The van der Waals surface area contributed by atoms with Crippen LogP contribution in [-0.2, 0) is 11.0 Å². The lowest BCUT2D eigenvalue weighted by Gasteiger charge is -2.35. The smallest absolute Gasteiger partial charge is 0.338 e. The summed E-state index contributed by atoms with van der Waals surface area (Å²) in [7, 11) is 0. The molecule has 0 atom stereocenters. The fourth-order valence-electron chi connectivity index (χ4n) is 2.51. The number of hydrogen-bond acceptors (Lipinski definition) is 3. The Kier molecular flexibility index (Phi) is 6.26. The molecule has 0 saturated carbocycles. The molecule has 0 aromatic heterocycles. The molecule has 8 heteroatoms. The molecule has 1 aliphatic heterocycles. The van der Waals surface area contributed by atoms with Gasteiger partial charge in [0, 0.05) is 36.5 Å². The van der Waals surface area contributed by atoms with Crippen molar-refractivity contribution in [2.75, 3.05) is 31.9 Å². The van der Waals surface area contributed by atoms with Gasteiger partial charge in [-0.25, -0.2) is 0 Å². The summed E-state index contributed by atoms with van der Waals surface area (Å²) in [4.78, 5) is 28.0. The first-order valence-corrected chi connectivity index (χ1v) is 9.34. The number of rotatable bonds is 3.